The number of hydrogen-bond donors (Lipinski definition) is 0. The summed E-state index contributed by atoms with van der Waals surface area (Å²) in [4.78, 5) is 6.94. The molecule has 2 unspecified atom stereocenters. The van der Waals surface area contributed by atoms with Crippen LogP contribution in [0.3, 0.4) is 0 Å². The molecule has 0 radical (unpaired) electrons. The van der Waals surface area contributed by atoms with Crippen LogP contribution >= 0.6 is 11.3 Å². The fourth-order valence-electron chi connectivity index (χ4n) is 3.37. The Kier molecular flexibility index (Phi) is 3.50. The van der Waals surface area contributed by atoms with Crippen molar-refractivity contribution in [1.82, 2.24) is 9.80 Å². The third-order valence-corrected chi connectivity index (χ3v) is 5.25. The molecule has 0 aliphatic carbocycles. The van der Waals surface area contributed by atoms with Gasteiger partial charge in [0, 0.05) is 30.1 Å². The predicted octanol–water partition coefficient (Wildman–Crippen LogP) is 2.81. The number of nitrogens with zero attached hydrogens (tertiary/aromatic N) is 2. The lowest BCUT2D eigenvalue weighted by molar-refractivity contribution is 0.180. The summed E-state index contributed by atoms with van der Waals surface area (Å²) in [6, 6.07) is 6.12. The molecule has 17 heavy (non-hydrogen) atoms. The Labute approximate surface area is 108 Å². The molecule has 2 fully saturated rings. The summed E-state index contributed by atoms with van der Waals surface area (Å²) in [6.07, 6.45) is 4.20. The topological polar surface area (TPSA) is 6.48 Å². The van der Waals surface area contributed by atoms with E-state index >= 15 is 0 Å². The Morgan fingerprint density at radius 2 is 2.18 bits per heavy atom. The highest BCUT2D eigenvalue weighted by Gasteiger charge is 2.36. The molecule has 0 aromatic carbocycles. The van der Waals surface area contributed by atoms with Crippen molar-refractivity contribution >= 4 is 11.3 Å². The Morgan fingerprint density at radius 3 is 2.94 bits per heavy atom. The molecular weight excluding hydrogens is 228 g/mol. The largest absolute Gasteiger partial charge is 0.302 e. The number of thiophene rings is 1. The number of hydrogen-bond acceptors (Lipinski definition) is 3. The van der Waals surface area contributed by atoms with Crippen molar-refractivity contribution in [2.45, 2.75) is 44.8 Å². The molecule has 94 valence electrons. The van der Waals surface area contributed by atoms with E-state index in [1.807, 2.05) is 11.3 Å². The van der Waals surface area contributed by atoms with Gasteiger partial charge < -0.3 is 4.90 Å². The van der Waals surface area contributed by atoms with Crippen LogP contribution in [0, 0.1) is 0 Å². The van der Waals surface area contributed by atoms with Crippen LogP contribution in [0.5, 0.6) is 0 Å². The van der Waals surface area contributed by atoms with Crippen molar-refractivity contribution in [3.8, 4) is 0 Å². The summed E-state index contributed by atoms with van der Waals surface area (Å²) in [5.41, 5.74) is 0. The second-order valence-electron chi connectivity index (χ2n) is 5.32. The molecule has 2 aliphatic rings. The van der Waals surface area contributed by atoms with Crippen LogP contribution in [0.4, 0.5) is 0 Å². The second kappa shape index (κ2) is 5.09. The molecule has 2 aliphatic heterocycles. The first-order valence-electron chi connectivity index (χ1n) is 6.87. The van der Waals surface area contributed by atoms with Crippen molar-refractivity contribution in [2.75, 3.05) is 19.6 Å². The minimum Gasteiger partial charge on any atom is -0.302 e. The molecule has 2 bridgehead atoms. The highest BCUT2D eigenvalue weighted by Crippen LogP contribution is 2.32. The number of fused-ring (bicyclic) bond motifs is 2. The van der Waals surface area contributed by atoms with Gasteiger partial charge in [0.25, 0.3) is 0 Å². The van der Waals surface area contributed by atoms with Crippen LogP contribution in [-0.4, -0.2) is 41.5 Å². The van der Waals surface area contributed by atoms with Crippen LogP contribution < -0.4 is 0 Å². The third kappa shape index (κ3) is 2.42. The van der Waals surface area contributed by atoms with Gasteiger partial charge in [-0.05, 0) is 43.8 Å². The van der Waals surface area contributed by atoms with Gasteiger partial charge in [-0.1, -0.05) is 13.0 Å². The molecule has 1 aromatic heterocycles. The van der Waals surface area contributed by atoms with Gasteiger partial charge in [-0.2, -0.15) is 0 Å². The molecule has 1 aromatic rings. The second-order valence-corrected chi connectivity index (χ2v) is 6.35. The highest BCUT2D eigenvalue weighted by molar-refractivity contribution is 7.09. The zero-order valence-corrected chi connectivity index (χ0v) is 11.5. The van der Waals surface area contributed by atoms with E-state index in [0.717, 1.165) is 12.1 Å². The van der Waals surface area contributed by atoms with Crippen LogP contribution in [0.1, 0.15) is 31.1 Å². The Hall–Kier alpha value is -0.380. The molecule has 0 N–H and O–H groups in total. The van der Waals surface area contributed by atoms with Crippen LogP contribution in [0.25, 0.3) is 0 Å². The summed E-state index contributed by atoms with van der Waals surface area (Å²) in [6.45, 7) is 7.29. The summed E-state index contributed by atoms with van der Waals surface area (Å²) >= 11 is 1.91. The molecule has 3 heterocycles. The smallest absolute Gasteiger partial charge is 0.0334 e. The standard InChI is InChI=1S/C14H22N2S/c1-2-15-8-7-12-5-6-13(10-15)16(12)11-14-4-3-9-17-14/h3-4,9,12-13H,2,5-8,10-11H2,1H3. The van der Waals surface area contributed by atoms with E-state index in [-0.39, 0.29) is 0 Å². The molecule has 0 spiro atoms. The summed E-state index contributed by atoms with van der Waals surface area (Å²) in [5.74, 6) is 0. The van der Waals surface area contributed by atoms with E-state index in [4.69, 9.17) is 0 Å². The fraction of sp³-hybridized carbons (Fsp3) is 0.714. The van der Waals surface area contributed by atoms with Gasteiger partial charge in [-0.3, -0.25) is 4.90 Å². The zero-order valence-electron chi connectivity index (χ0n) is 10.6. The first-order chi connectivity index (χ1) is 8.36. The molecule has 3 rings (SSSR count). The van der Waals surface area contributed by atoms with E-state index in [1.165, 1.54) is 50.3 Å². The molecule has 3 heteroatoms. The van der Waals surface area contributed by atoms with Crippen molar-refractivity contribution in [3.05, 3.63) is 22.4 Å². The maximum absolute atomic E-state index is 2.78. The minimum atomic E-state index is 0.810. The number of rotatable bonds is 3. The summed E-state index contributed by atoms with van der Waals surface area (Å²) < 4.78 is 0. The molecule has 0 saturated carbocycles. The lowest BCUT2D eigenvalue weighted by Gasteiger charge is -2.28. The first-order valence-corrected chi connectivity index (χ1v) is 7.75. The molecule has 2 nitrogen and oxygen atoms in total. The van der Waals surface area contributed by atoms with Gasteiger partial charge in [0.2, 0.25) is 0 Å². The van der Waals surface area contributed by atoms with Crippen molar-refractivity contribution in [3.63, 3.8) is 0 Å². The molecule has 2 saturated heterocycles. The fourth-order valence-corrected chi connectivity index (χ4v) is 4.08. The van der Waals surface area contributed by atoms with Crippen molar-refractivity contribution in [1.29, 1.82) is 0 Å². The maximum Gasteiger partial charge on any atom is 0.0334 e. The quantitative estimate of drug-likeness (QED) is 0.814. The monoisotopic (exact) mass is 250 g/mol. The normalized spacial score (nSPS) is 30.6. The third-order valence-electron chi connectivity index (χ3n) is 4.38. The molecule has 2 atom stereocenters. The van der Waals surface area contributed by atoms with Gasteiger partial charge in [0.1, 0.15) is 0 Å². The van der Waals surface area contributed by atoms with Crippen LogP contribution in [-0.2, 0) is 6.54 Å². The first kappa shape index (κ1) is 11.7. The average Bonchev–Trinajstić information content (AvgIpc) is 2.89. The summed E-state index contributed by atoms with van der Waals surface area (Å²) in [7, 11) is 0. The van der Waals surface area contributed by atoms with E-state index in [2.05, 4.69) is 34.2 Å². The van der Waals surface area contributed by atoms with E-state index in [0.29, 0.717) is 0 Å². The number of likely N-dealkylation sites (tertiary alicyclic amines) is 1. The van der Waals surface area contributed by atoms with Gasteiger partial charge in [-0.15, -0.1) is 11.3 Å². The van der Waals surface area contributed by atoms with Crippen LogP contribution in [0.2, 0.25) is 0 Å². The van der Waals surface area contributed by atoms with Gasteiger partial charge in [-0.25, -0.2) is 0 Å². The van der Waals surface area contributed by atoms with E-state index < -0.39 is 0 Å². The van der Waals surface area contributed by atoms with Gasteiger partial charge in [0.15, 0.2) is 0 Å². The maximum atomic E-state index is 2.78. The minimum absolute atomic E-state index is 0.810. The highest BCUT2D eigenvalue weighted by atomic mass is 32.1. The lowest BCUT2D eigenvalue weighted by Crippen LogP contribution is -2.38. The number of likely N-dealkylation sites (N-methyl/N-ethyl adjacent to an activating group) is 1. The van der Waals surface area contributed by atoms with Crippen LogP contribution in [0.15, 0.2) is 17.5 Å². The Balaban J connectivity index is 1.71. The molecular formula is C14H22N2S. The van der Waals surface area contributed by atoms with Crippen molar-refractivity contribution in [2.24, 2.45) is 0 Å². The predicted molar refractivity (Wildman–Crippen MR) is 73.4 cm³/mol. The Morgan fingerprint density at radius 1 is 1.29 bits per heavy atom. The molecule has 0 amide bonds. The average molecular weight is 250 g/mol. The SMILES string of the molecule is CCN1CCC2CCC(C1)N2Cc1cccs1. The van der Waals surface area contributed by atoms with Gasteiger partial charge >= 0.3 is 0 Å². The zero-order chi connectivity index (χ0) is 11.7. The lowest BCUT2D eigenvalue weighted by atomic mass is 10.1. The summed E-state index contributed by atoms with van der Waals surface area (Å²) in [5, 5.41) is 2.20. The van der Waals surface area contributed by atoms with Gasteiger partial charge in [0.05, 0.1) is 0 Å². The Bertz CT molecular complexity index is 349. The van der Waals surface area contributed by atoms with E-state index in [9.17, 15) is 0 Å². The van der Waals surface area contributed by atoms with Crippen molar-refractivity contribution < 1.29 is 0 Å². The van der Waals surface area contributed by atoms with E-state index in [1.54, 1.807) is 0 Å².